The van der Waals surface area contributed by atoms with Crippen molar-refractivity contribution in [2.75, 3.05) is 0 Å². The average molecular weight is 259 g/mol. The summed E-state index contributed by atoms with van der Waals surface area (Å²) in [7, 11) is 0. The van der Waals surface area contributed by atoms with E-state index in [2.05, 4.69) is 12.2 Å². The Hall–Kier alpha value is -0.160. The third-order valence-corrected chi connectivity index (χ3v) is 3.97. The van der Waals surface area contributed by atoms with Crippen LogP contribution in [0, 0.1) is 0 Å². The van der Waals surface area contributed by atoms with Crippen LogP contribution in [0.2, 0.25) is 0 Å². The van der Waals surface area contributed by atoms with E-state index in [-0.39, 0.29) is 12.1 Å². The zero-order valence-corrected chi connectivity index (χ0v) is 11.7. The molecule has 0 spiro atoms. The molecule has 1 fully saturated rings. The summed E-state index contributed by atoms with van der Waals surface area (Å²) in [5, 5.41) is 32.4. The minimum absolute atomic E-state index is 0.0930. The van der Waals surface area contributed by atoms with Crippen LogP contribution in [-0.4, -0.2) is 45.7 Å². The second-order valence-electron chi connectivity index (χ2n) is 5.59. The summed E-state index contributed by atoms with van der Waals surface area (Å²) in [6.07, 6.45) is 5.44. The number of hydrogen-bond acceptors (Lipinski definition) is 4. The summed E-state index contributed by atoms with van der Waals surface area (Å²) in [6.45, 7) is 4.05. The number of piperidine rings is 1. The van der Waals surface area contributed by atoms with Crippen molar-refractivity contribution in [1.82, 2.24) is 5.32 Å². The Kier molecular flexibility index (Phi) is 7.15. The van der Waals surface area contributed by atoms with Crippen LogP contribution >= 0.6 is 0 Å². The Morgan fingerprint density at radius 2 is 1.44 bits per heavy atom. The molecule has 1 saturated heterocycles. The van der Waals surface area contributed by atoms with Crippen LogP contribution < -0.4 is 5.32 Å². The standard InChI is InChI=1S/C14H29NO3/c1-3-4-5-6-7-8-9-11-13(17)14(18)12(16)10(2)15-11/h10-18H,3-9H2,1-2H3/t10-,11+,12+,13+,14+/m0/s1. The van der Waals surface area contributed by atoms with Gasteiger partial charge in [0.2, 0.25) is 0 Å². The monoisotopic (exact) mass is 259 g/mol. The van der Waals surface area contributed by atoms with Crippen LogP contribution in [-0.2, 0) is 0 Å². The van der Waals surface area contributed by atoms with Gasteiger partial charge in [0, 0.05) is 12.1 Å². The maximum Gasteiger partial charge on any atom is 0.109 e. The van der Waals surface area contributed by atoms with E-state index in [1.165, 1.54) is 32.1 Å². The van der Waals surface area contributed by atoms with E-state index >= 15 is 0 Å². The first-order chi connectivity index (χ1) is 8.57. The number of aliphatic hydroxyl groups excluding tert-OH is 3. The second-order valence-corrected chi connectivity index (χ2v) is 5.59. The Morgan fingerprint density at radius 3 is 2.11 bits per heavy atom. The molecule has 5 atom stereocenters. The molecule has 18 heavy (non-hydrogen) atoms. The number of nitrogens with one attached hydrogen (secondary N) is 1. The summed E-state index contributed by atoms with van der Waals surface area (Å²) >= 11 is 0. The maximum absolute atomic E-state index is 9.89. The molecule has 1 rings (SSSR count). The number of aliphatic hydroxyl groups is 3. The van der Waals surface area contributed by atoms with E-state index < -0.39 is 18.3 Å². The van der Waals surface area contributed by atoms with E-state index in [9.17, 15) is 15.3 Å². The van der Waals surface area contributed by atoms with Gasteiger partial charge in [0.25, 0.3) is 0 Å². The summed E-state index contributed by atoms with van der Waals surface area (Å²) < 4.78 is 0. The SMILES string of the molecule is CCCCCCCC[C@H]1N[C@@H](C)[C@@H](O)[C@@H](O)[C@@H]1O. The van der Waals surface area contributed by atoms with Gasteiger partial charge in [-0.05, 0) is 13.3 Å². The van der Waals surface area contributed by atoms with Crippen LogP contribution in [0.1, 0.15) is 58.8 Å². The molecule has 4 nitrogen and oxygen atoms in total. The summed E-state index contributed by atoms with van der Waals surface area (Å²) in [6, 6.07) is -0.252. The van der Waals surface area contributed by atoms with Gasteiger partial charge in [0.1, 0.15) is 6.10 Å². The fourth-order valence-corrected chi connectivity index (χ4v) is 2.67. The normalized spacial score (nSPS) is 36.8. The highest BCUT2D eigenvalue weighted by Gasteiger charge is 2.39. The lowest BCUT2D eigenvalue weighted by Crippen LogP contribution is -2.63. The van der Waals surface area contributed by atoms with Crippen molar-refractivity contribution in [2.45, 2.75) is 89.2 Å². The fraction of sp³-hybridized carbons (Fsp3) is 1.00. The van der Waals surface area contributed by atoms with Crippen molar-refractivity contribution < 1.29 is 15.3 Å². The van der Waals surface area contributed by atoms with Crippen LogP contribution in [0.5, 0.6) is 0 Å². The molecule has 0 amide bonds. The van der Waals surface area contributed by atoms with E-state index in [0.29, 0.717) is 0 Å². The molecule has 0 unspecified atom stereocenters. The predicted octanol–water partition coefficient (Wildman–Crippen LogP) is 1.18. The summed E-state index contributed by atoms with van der Waals surface area (Å²) in [5.41, 5.74) is 0. The highest BCUT2D eigenvalue weighted by atomic mass is 16.4. The molecular formula is C14H29NO3. The smallest absolute Gasteiger partial charge is 0.109 e. The van der Waals surface area contributed by atoms with Gasteiger partial charge >= 0.3 is 0 Å². The first-order valence-corrected chi connectivity index (χ1v) is 7.38. The second kappa shape index (κ2) is 8.10. The van der Waals surface area contributed by atoms with Gasteiger partial charge in [-0.15, -0.1) is 0 Å². The molecule has 0 aromatic rings. The summed E-state index contributed by atoms with van der Waals surface area (Å²) in [5.74, 6) is 0. The van der Waals surface area contributed by atoms with Gasteiger partial charge in [-0.3, -0.25) is 0 Å². The van der Waals surface area contributed by atoms with E-state index in [0.717, 1.165) is 12.8 Å². The summed E-state index contributed by atoms with van der Waals surface area (Å²) in [4.78, 5) is 0. The Morgan fingerprint density at radius 1 is 0.833 bits per heavy atom. The highest BCUT2D eigenvalue weighted by Crippen LogP contribution is 2.19. The molecule has 0 aromatic heterocycles. The van der Waals surface area contributed by atoms with Crippen molar-refractivity contribution in [3.05, 3.63) is 0 Å². The van der Waals surface area contributed by atoms with Crippen molar-refractivity contribution in [1.29, 1.82) is 0 Å². The van der Waals surface area contributed by atoms with Gasteiger partial charge < -0.3 is 20.6 Å². The van der Waals surface area contributed by atoms with Crippen LogP contribution in [0.4, 0.5) is 0 Å². The lowest BCUT2D eigenvalue weighted by molar-refractivity contribution is -0.111. The lowest BCUT2D eigenvalue weighted by Gasteiger charge is -2.40. The fourth-order valence-electron chi connectivity index (χ4n) is 2.67. The molecule has 0 aromatic carbocycles. The molecule has 108 valence electrons. The maximum atomic E-state index is 9.89. The topological polar surface area (TPSA) is 72.7 Å². The quantitative estimate of drug-likeness (QED) is 0.518. The van der Waals surface area contributed by atoms with Crippen LogP contribution in [0.25, 0.3) is 0 Å². The first kappa shape index (κ1) is 15.9. The Bertz CT molecular complexity index is 225. The van der Waals surface area contributed by atoms with E-state index in [4.69, 9.17) is 0 Å². The van der Waals surface area contributed by atoms with Gasteiger partial charge in [-0.1, -0.05) is 45.4 Å². The number of rotatable bonds is 7. The predicted molar refractivity (Wildman–Crippen MR) is 72.4 cm³/mol. The van der Waals surface area contributed by atoms with Gasteiger partial charge in [0.15, 0.2) is 0 Å². The number of unbranched alkanes of at least 4 members (excludes halogenated alkanes) is 5. The minimum atomic E-state index is -1.02. The van der Waals surface area contributed by atoms with Gasteiger partial charge in [-0.2, -0.15) is 0 Å². The molecule has 4 heteroatoms. The van der Waals surface area contributed by atoms with Crippen molar-refractivity contribution in [3.8, 4) is 0 Å². The molecule has 4 N–H and O–H groups in total. The molecule has 1 aliphatic heterocycles. The third-order valence-electron chi connectivity index (χ3n) is 3.97. The molecule has 0 radical (unpaired) electrons. The zero-order valence-electron chi connectivity index (χ0n) is 11.7. The van der Waals surface area contributed by atoms with E-state index in [1.54, 1.807) is 0 Å². The molecule has 0 aliphatic carbocycles. The minimum Gasteiger partial charge on any atom is -0.389 e. The first-order valence-electron chi connectivity index (χ1n) is 7.38. The van der Waals surface area contributed by atoms with Gasteiger partial charge in [-0.25, -0.2) is 0 Å². The molecular weight excluding hydrogens is 230 g/mol. The highest BCUT2D eigenvalue weighted by molar-refractivity contribution is 4.96. The third kappa shape index (κ3) is 4.50. The van der Waals surface area contributed by atoms with Crippen molar-refractivity contribution in [3.63, 3.8) is 0 Å². The Labute approximate surface area is 110 Å². The van der Waals surface area contributed by atoms with Crippen molar-refractivity contribution in [2.24, 2.45) is 0 Å². The average Bonchev–Trinajstić information content (AvgIpc) is 2.37. The van der Waals surface area contributed by atoms with Gasteiger partial charge in [0.05, 0.1) is 12.2 Å². The van der Waals surface area contributed by atoms with Crippen LogP contribution in [0.3, 0.4) is 0 Å². The van der Waals surface area contributed by atoms with Crippen molar-refractivity contribution >= 4 is 0 Å². The molecule has 1 aliphatic rings. The lowest BCUT2D eigenvalue weighted by atomic mass is 9.88. The number of hydrogen-bond donors (Lipinski definition) is 4. The molecule has 0 saturated carbocycles. The molecule has 0 bridgehead atoms. The zero-order chi connectivity index (χ0) is 13.5. The Balaban J connectivity index is 2.21. The molecule has 1 heterocycles. The van der Waals surface area contributed by atoms with Crippen LogP contribution in [0.15, 0.2) is 0 Å². The van der Waals surface area contributed by atoms with E-state index in [1.807, 2.05) is 6.92 Å². The largest absolute Gasteiger partial charge is 0.389 e.